The Morgan fingerprint density at radius 3 is 2.66 bits per heavy atom. The van der Waals surface area contributed by atoms with E-state index in [9.17, 15) is 9.90 Å². The summed E-state index contributed by atoms with van der Waals surface area (Å²) in [4.78, 5) is 13.1. The van der Waals surface area contributed by atoms with Gasteiger partial charge < -0.3 is 20.1 Å². The average Bonchev–Trinajstić information content (AvgIpc) is 3.29. The van der Waals surface area contributed by atoms with E-state index in [0.717, 1.165) is 22.2 Å². The third-order valence-electron chi connectivity index (χ3n) is 5.48. The first-order chi connectivity index (χ1) is 15.6. The number of nitrogens with zero attached hydrogens (tertiary/aromatic N) is 3. The molecule has 0 aliphatic carbocycles. The molecule has 1 unspecified atom stereocenters. The summed E-state index contributed by atoms with van der Waals surface area (Å²) in [7, 11) is 0. The van der Waals surface area contributed by atoms with Gasteiger partial charge in [0.1, 0.15) is 0 Å². The number of para-hydroxylation sites is 2. The van der Waals surface area contributed by atoms with Gasteiger partial charge in [-0.25, -0.2) is 0 Å². The van der Waals surface area contributed by atoms with Crippen molar-refractivity contribution in [1.29, 1.82) is 0 Å². The van der Waals surface area contributed by atoms with Crippen LogP contribution in [0.25, 0.3) is 17.0 Å². The van der Waals surface area contributed by atoms with Gasteiger partial charge in [-0.2, -0.15) is 10.1 Å². The number of aromatic nitrogens is 1. The lowest BCUT2D eigenvalue weighted by molar-refractivity contribution is -0.114. The van der Waals surface area contributed by atoms with Crippen molar-refractivity contribution in [3.8, 4) is 0 Å². The number of hydrogen-bond donors (Lipinski definition) is 3. The first-order valence-electron chi connectivity index (χ1n) is 10.8. The SMILES string of the molecule is CC1=NN(c2ccccc2)C(=O)C1=Cc1cn(CC(O)CNCCCO)c2ccccc12. The third-order valence-corrected chi connectivity index (χ3v) is 5.48. The summed E-state index contributed by atoms with van der Waals surface area (Å²) in [5.74, 6) is -0.154. The minimum absolute atomic E-state index is 0.131. The van der Waals surface area contributed by atoms with Crippen LogP contribution >= 0.6 is 0 Å². The van der Waals surface area contributed by atoms with Crippen LogP contribution in [0.3, 0.4) is 0 Å². The lowest BCUT2D eigenvalue weighted by Gasteiger charge is -2.13. The Morgan fingerprint density at radius 2 is 1.88 bits per heavy atom. The summed E-state index contributed by atoms with van der Waals surface area (Å²) in [6, 6.07) is 17.4. The highest BCUT2D eigenvalue weighted by Crippen LogP contribution is 2.28. The third kappa shape index (κ3) is 4.65. The van der Waals surface area contributed by atoms with Gasteiger partial charge in [-0.15, -0.1) is 0 Å². The summed E-state index contributed by atoms with van der Waals surface area (Å²) in [6.07, 6.45) is 3.94. The highest BCUT2D eigenvalue weighted by atomic mass is 16.3. The van der Waals surface area contributed by atoms with Crippen molar-refractivity contribution in [2.75, 3.05) is 24.7 Å². The van der Waals surface area contributed by atoms with Crippen molar-refractivity contribution in [1.82, 2.24) is 9.88 Å². The normalized spacial score (nSPS) is 16.2. The highest BCUT2D eigenvalue weighted by Gasteiger charge is 2.29. The summed E-state index contributed by atoms with van der Waals surface area (Å²) in [5.41, 5.74) is 3.87. The predicted molar refractivity (Wildman–Crippen MR) is 128 cm³/mol. The number of nitrogens with one attached hydrogen (secondary N) is 1. The van der Waals surface area contributed by atoms with E-state index >= 15 is 0 Å². The van der Waals surface area contributed by atoms with Gasteiger partial charge >= 0.3 is 0 Å². The minimum atomic E-state index is -0.574. The Balaban J connectivity index is 1.59. The number of anilines is 1. The number of hydrazone groups is 1. The smallest absolute Gasteiger partial charge is 0.280 e. The fraction of sp³-hybridized carbons (Fsp3) is 0.280. The van der Waals surface area contributed by atoms with E-state index < -0.39 is 6.10 Å². The molecule has 0 saturated carbocycles. The fourth-order valence-corrected chi connectivity index (χ4v) is 3.89. The van der Waals surface area contributed by atoms with Crippen LogP contribution in [0.5, 0.6) is 0 Å². The van der Waals surface area contributed by atoms with Crippen molar-refractivity contribution in [2.45, 2.75) is 26.0 Å². The van der Waals surface area contributed by atoms with E-state index in [0.29, 0.717) is 37.3 Å². The van der Waals surface area contributed by atoms with Gasteiger partial charge in [0.2, 0.25) is 0 Å². The Labute approximate surface area is 187 Å². The van der Waals surface area contributed by atoms with Crippen LogP contribution in [0.1, 0.15) is 18.9 Å². The lowest BCUT2D eigenvalue weighted by atomic mass is 10.1. The zero-order valence-electron chi connectivity index (χ0n) is 18.1. The molecule has 0 saturated heterocycles. The molecule has 0 spiro atoms. The molecule has 7 heteroatoms. The van der Waals surface area contributed by atoms with Crippen molar-refractivity contribution in [3.05, 3.63) is 71.9 Å². The standard InChI is InChI=1S/C25H28N4O3/c1-18-23(25(32)29(27-18)20-8-3-2-4-9-20)14-19-16-28(24-11-6-5-10-22(19)24)17-21(31)15-26-12-7-13-30/h2-6,8-11,14,16,21,26,30-31H,7,12-13,15,17H2,1H3. The number of aliphatic hydroxyl groups excluding tert-OH is 2. The van der Waals surface area contributed by atoms with Crippen LogP contribution < -0.4 is 10.3 Å². The van der Waals surface area contributed by atoms with Crippen LogP contribution in [-0.4, -0.2) is 52.2 Å². The molecule has 0 bridgehead atoms. The second-order valence-corrected chi connectivity index (χ2v) is 7.88. The average molecular weight is 433 g/mol. The highest BCUT2D eigenvalue weighted by molar-refractivity contribution is 6.32. The zero-order valence-corrected chi connectivity index (χ0v) is 18.1. The van der Waals surface area contributed by atoms with Crippen LogP contribution in [0.4, 0.5) is 5.69 Å². The molecular weight excluding hydrogens is 404 g/mol. The number of benzene rings is 2. The van der Waals surface area contributed by atoms with Crippen LogP contribution in [-0.2, 0) is 11.3 Å². The number of hydrogen-bond acceptors (Lipinski definition) is 5. The molecule has 1 aliphatic rings. The maximum atomic E-state index is 13.1. The van der Waals surface area contributed by atoms with Gasteiger partial charge in [-0.1, -0.05) is 36.4 Å². The number of carbonyl (C=O) groups is 1. The summed E-state index contributed by atoms with van der Waals surface area (Å²) in [6.45, 7) is 3.50. The molecule has 2 aromatic carbocycles. The topological polar surface area (TPSA) is 90.1 Å². The number of fused-ring (bicyclic) bond motifs is 1. The molecule has 32 heavy (non-hydrogen) atoms. The van der Waals surface area contributed by atoms with Gasteiger partial charge in [0.05, 0.1) is 23.1 Å². The second-order valence-electron chi connectivity index (χ2n) is 7.88. The molecular formula is C25H28N4O3. The summed E-state index contributed by atoms with van der Waals surface area (Å²) >= 11 is 0. The maximum Gasteiger partial charge on any atom is 0.280 e. The van der Waals surface area contributed by atoms with Gasteiger partial charge in [0.25, 0.3) is 5.91 Å². The Kier molecular flexibility index (Phi) is 6.80. The van der Waals surface area contributed by atoms with E-state index in [1.165, 1.54) is 5.01 Å². The molecule has 166 valence electrons. The maximum absolute atomic E-state index is 13.1. The van der Waals surface area contributed by atoms with Crippen LogP contribution in [0.15, 0.2) is 71.5 Å². The molecule has 0 radical (unpaired) electrons. The number of aliphatic hydroxyl groups is 2. The van der Waals surface area contributed by atoms with Gasteiger partial charge in [0, 0.05) is 42.4 Å². The summed E-state index contributed by atoms with van der Waals surface area (Å²) < 4.78 is 2.01. The van der Waals surface area contributed by atoms with Crippen molar-refractivity contribution in [3.63, 3.8) is 0 Å². The number of amides is 1. The van der Waals surface area contributed by atoms with Crippen molar-refractivity contribution < 1.29 is 15.0 Å². The first-order valence-corrected chi connectivity index (χ1v) is 10.8. The lowest BCUT2D eigenvalue weighted by Crippen LogP contribution is -2.31. The Hall–Kier alpha value is -3.26. The quantitative estimate of drug-likeness (QED) is 0.358. The number of rotatable bonds is 9. The molecule has 3 N–H and O–H groups in total. The molecule has 3 aromatic rings. The van der Waals surface area contributed by atoms with Gasteiger partial charge in [0.15, 0.2) is 0 Å². The monoisotopic (exact) mass is 432 g/mol. The van der Waals surface area contributed by atoms with E-state index in [2.05, 4.69) is 10.4 Å². The van der Waals surface area contributed by atoms with E-state index in [4.69, 9.17) is 5.11 Å². The Morgan fingerprint density at radius 1 is 1.12 bits per heavy atom. The second kappa shape index (κ2) is 9.91. The fourth-order valence-electron chi connectivity index (χ4n) is 3.89. The largest absolute Gasteiger partial charge is 0.396 e. The van der Waals surface area contributed by atoms with Crippen molar-refractivity contribution in [2.24, 2.45) is 5.10 Å². The first kappa shape index (κ1) is 22.0. The molecule has 4 rings (SSSR count). The molecule has 1 atom stereocenters. The molecule has 0 fully saturated rings. The van der Waals surface area contributed by atoms with Gasteiger partial charge in [-0.05, 0) is 44.2 Å². The van der Waals surface area contributed by atoms with E-state index in [-0.39, 0.29) is 12.5 Å². The molecule has 2 heterocycles. The van der Waals surface area contributed by atoms with Crippen molar-refractivity contribution >= 4 is 34.3 Å². The minimum Gasteiger partial charge on any atom is -0.396 e. The number of carbonyl (C=O) groups excluding carboxylic acids is 1. The zero-order chi connectivity index (χ0) is 22.5. The van der Waals surface area contributed by atoms with E-state index in [1.54, 1.807) is 0 Å². The molecule has 1 aromatic heterocycles. The van der Waals surface area contributed by atoms with E-state index in [1.807, 2.05) is 78.4 Å². The van der Waals surface area contributed by atoms with Crippen LogP contribution in [0.2, 0.25) is 0 Å². The van der Waals surface area contributed by atoms with Crippen LogP contribution in [0, 0.1) is 0 Å². The predicted octanol–water partition coefficient (Wildman–Crippen LogP) is 2.78. The Bertz CT molecular complexity index is 1150. The van der Waals surface area contributed by atoms with Gasteiger partial charge in [-0.3, -0.25) is 4.79 Å². The molecule has 1 aliphatic heterocycles. The molecule has 1 amide bonds. The molecule has 7 nitrogen and oxygen atoms in total. The summed E-state index contributed by atoms with van der Waals surface area (Å²) in [5, 5.41) is 29.4.